The minimum absolute atomic E-state index is 0.586. The van der Waals surface area contributed by atoms with Gasteiger partial charge in [-0.3, -0.25) is 0 Å². The van der Waals surface area contributed by atoms with Crippen molar-refractivity contribution in [3.05, 3.63) is 182 Å². The fraction of sp³-hybridized carbons (Fsp3) is 0. The van der Waals surface area contributed by atoms with Crippen molar-refractivity contribution in [1.29, 1.82) is 0 Å². The highest BCUT2D eigenvalue weighted by Gasteiger charge is 2.20. The lowest BCUT2D eigenvalue weighted by Gasteiger charge is -2.08. The van der Waals surface area contributed by atoms with Gasteiger partial charge in [-0.15, -0.1) is 0 Å². The number of nitrogens with zero attached hydrogens (tertiary/aromatic N) is 4. The van der Waals surface area contributed by atoms with Gasteiger partial charge in [0, 0.05) is 49.0 Å². The molecule has 0 saturated carbocycles. The van der Waals surface area contributed by atoms with Gasteiger partial charge in [0.1, 0.15) is 16.7 Å². The summed E-state index contributed by atoms with van der Waals surface area (Å²) in [4.78, 5) is 14.8. The molecule has 8 aromatic carbocycles. The first-order valence-electron chi connectivity index (χ1n) is 19.0. The summed E-state index contributed by atoms with van der Waals surface area (Å²) in [6.45, 7) is 0. The Kier molecular flexibility index (Phi) is 6.83. The van der Waals surface area contributed by atoms with Crippen molar-refractivity contribution in [1.82, 2.24) is 19.5 Å². The van der Waals surface area contributed by atoms with E-state index in [2.05, 4.69) is 114 Å². The van der Waals surface area contributed by atoms with Gasteiger partial charge >= 0.3 is 0 Å². The third-order valence-corrected chi connectivity index (χ3v) is 11.1. The van der Waals surface area contributed by atoms with Crippen LogP contribution in [-0.4, -0.2) is 19.5 Å². The topological polar surface area (TPSA) is 69.9 Å². The van der Waals surface area contributed by atoms with Crippen LogP contribution < -0.4 is 0 Å². The molecule has 0 aliphatic rings. The molecule has 12 aromatic rings. The van der Waals surface area contributed by atoms with Crippen LogP contribution in [0.4, 0.5) is 0 Å². The Morgan fingerprint density at radius 3 is 1.65 bits per heavy atom. The maximum Gasteiger partial charge on any atom is 0.164 e. The van der Waals surface area contributed by atoms with Crippen LogP contribution >= 0.6 is 0 Å². The van der Waals surface area contributed by atoms with Crippen molar-refractivity contribution < 1.29 is 8.83 Å². The number of rotatable bonds is 5. The van der Waals surface area contributed by atoms with Crippen LogP contribution in [0.3, 0.4) is 0 Å². The highest BCUT2D eigenvalue weighted by molar-refractivity contribution is 6.16. The van der Waals surface area contributed by atoms with Crippen molar-refractivity contribution >= 4 is 65.7 Å². The summed E-state index contributed by atoms with van der Waals surface area (Å²) in [6.07, 6.45) is 0. The number of benzene rings is 8. The Balaban J connectivity index is 0.993. The van der Waals surface area contributed by atoms with Crippen LogP contribution in [0.2, 0.25) is 0 Å². The van der Waals surface area contributed by atoms with E-state index in [1.165, 1.54) is 10.8 Å². The molecule has 0 radical (unpaired) electrons. The molecule has 0 bridgehead atoms. The minimum Gasteiger partial charge on any atom is -0.456 e. The van der Waals surface area contributed by atoms with E-state index in [0.29, 0.717) is 17.5 Å². The third kappa shape index (κ3) is 4.94. The number of fused-ring (bicyclic) bond motifs is 9. The Hall–Kier alpha value is -7.83. The molecule has 4 aromatic heterocycles. The van der Waals surface area contributed by atoms with Gasteiger partial charge in [-0.2, -0.15) is 0 Å². The van der Waals surface area contributed by atoms with Crippen molar-refractivity contribution in [2.24, 2.45) is 0 Å². The van der Waals surface area contributed by atoms with Gasteiger partial charge in [0.15, 0.2) is 23.1 Å². The fourth-order valence-corrected chi connectivity index (χ4v) is 8.45. The second-order valence-electron chi connectivity index (χ2n) is 14.4. The molecule has 12 rings (SSSR count). The molecule has 0 amide bonds. The lowest BCUT2D eigenvalue weighted by atomic mass is 9.97. The molecule has 6 nitrogen and oxygen atoms in total. The summed E-state index contributed by atoms with van der Waals surface area (Å²) in [7, 11) is 0. The molecule has 0 aliphatic carbocycles. The van der Waals surface area contributed by atoms with E-state index in [1.54, 1.807) is 0 Å². The monoisotopic (exact) mass is 730 g/mol. The molecule has 0 atom stereocenters. The zero-order valence-electron chi connectivity index (χ0n) is 30.4. The van der Waals surface area contributed by atoms with E-state index in [4.69, 9.17) is 23.8 Å². The molecule has 4 heterocycles. The third-order valence-electron chi connectivity index (χ3n) is 11.1. The molecule has 0 spiro atoms. The highest BCUT2D eigenvalue weighted by atomic mass is 16.3. The molecule has 0 saturated heterocycles. The molecule has 0 unspecified atom stereocenters. The van der Waals surface area contributed by atoms with Crippen LogP contribution in [0.15, 0.2) is 191 Å². The van der Waals surface area contributed by atoms with Gasteiger partial charge in [-0.05, 0) is 59.7 Å². The Bertz CT molecular complexity index is 3410. The number of furan rings is 2. The first-order chi connectivity index (χ1) is 28.2. The lowest BCUT2D eigenvalue weighted by molar-refractivity contribution is 0.666. The molecule has 6 heteroatoms. The van der Waals surface area contributed by atoms with Gasteiger partial charge in [0.2, 0.25) is 0 Å². The van der Waals surface area contributed by atoms with Gasteiger partial charge in [-0.1, -0.05) is 133 Å². The van der Waals surface area contributed by atoms with Crippen LogP contribution in [0.5, 0.6) is 0 Å². The molecule has 57 heavy (non-hydrogen) atoms. The summed E-state index contributed by atoms with van der Waals surface area (Å²) in [5.74, 6) is 1.83. The van der Waals surface area contributed by atoms with Crippen LogP contribution in [0, 0.1) is 0 Å². The largest absolute Gasteiger partial charge is 0.456 e. The van der Waals surface area contributed by atoms with Gasteiger partial charge < -0.3 is 13.4 Å². The van der Waals surface area contributed by atoms with Crippen molar-refractivity contribution in [3.63, 3.8) is 0 Å². The molecule has 266 valence electrons. The van der Waals surface area contributed by atoms with E-state index < -0.39 is 0 Å². The zero-order valence-corrected chi connectivity index (χ0v) is 30.4. The predicted molar refractivity (Wildman–Crippen MR) is 230 cm³/mol. The van der Waals surface area contributed by atoms with E-state index in [0.717, 1.165) is 88.4 Å². The lowest BCUT2D eigenvalue weighted by Crippen LogP contribution is -2.00. The Labute approximate surface area is 325 Å². The minimum atomic E-state index is 0.586. The van der Waals surface area contributed by atoms with Crippen molar-refractivity contribution in [2.75, 3.05) is 0 Å². The quantitative estimate of drug-likeness (QED) is 0.176. The SMILES string of the molecule is c1ccc(-c2nc(-c3ccccc3)nc(-c3ccc4c(c3)oc3cccc(-c5ccc6oc7c(-n8c9ccccc9c9ccccc98)cccc7c6c5)c34)n2)cc1. The summed E-state index contributed by atoms with van der Waals surface area (Å²) in [5, 5.41) is 6.66. The molecule has 0 N–H and O–H groups in total. The maximum atomic E-state index is 6.71. The predicted octanol–water partition coefficient (Wildman–Crippen LogP) is 13.4. The molecule has 0 aliphatic heterocycles. The van der Waals surface area contributed by atoms with Gasteiger partial charge in [-0.25, -0.2) is 15.0 Å². The smallest absolute Gasteiger partial charge is 0.164 e. The van der Waals surface area contributed by atoms with Crippen LogP contribution in [0.1, 0.15) is 0 Å². The van der Waals surface area contributed by atoms with Crippen LogP contribution in [-0.2, 0) is 0 Å². The first kappa shape index (κ1) is 31.5. The fourth-order valence-electron chi connectivity index (χ4n) is 8.45. The summed E-state index contributed by atoms with van der Waals surface area (Å²) >= 11 is 0. The highest BCUT2D eigenvalue weighted by Crippen LogP contribution is 2.42. The molecular weight excluding hydrogens is 701 g/mol. The molecule has 0 fully saturated rings. The van der Waals surface area contributed by atoms with E-state index >= 15 is 0 Å². The van der Waals surface area contributed by atoms with E-state index in [-0.39, 0.29) is 0 Å². The van der Waals surface area contributed by atoms with E-state index in [9.17, 15) is 0 Å². The number of hydrogen-bond acceptors (Lipinski definition) is 5. The maximum absolute atomic E-state index is 6.71. The summed E-state index contributed by atoms with van der Waals surface area (Å²) in [6, 6.07) is 62.6. The van der Waals surface area contributed by atoms with Crippen molar-refractivity contribution in [2.45, 2.75) is 0 Å². The molecular formula is C51H30N4O2. The first-order valence-corrected chi connectivity index (χ1v) is 19.0. The Morgan fingerprint density at radius 1 is 0.351 bits per heavy atom. The summed E-state index contributed by atoms with van der Waals surface area (Å²) in [5.41, 5.74) is 11.5. The zero-order chi connectivity index (χ0) is 37.5. The second kappa shape index (κ2) is 12.3. The number of aromatic nitrogens is 4. The number of para-hydroxylation sites is 3. The second-order valence-corrected chi connectivity index (χ2v) is 14.4. The summed E-state index contributed by atoms with van der Waals surface area (Å²) < 4.78 is 15.6. The van der Waals surface area contributed by atoms with E-state index in [1.807, 2.05) is 72.8 Å². The number of hydrogen-bond donors (Lipinski definition) is 0. The average Bonchev–Trinajstić information content (AvgIpc) is 3.96. The normalized spacial score (nSPS) is 11.9. The Morgan fingerprint density at radius 2 is 0.947 bits per heavy atom. The standard InChI is InChI=1S/C51H30N4O2/c1-3-13-31(14-4-1)49-52-50(32-15-5-2-6-16-32)54-51(53-49)34-25-27-39-46(30-34)56-45-24-12-19-35(47(39)45)33-26-28-44-40(29-33)38-20-11-23-43(48(38)57-44)55-41-21-9-7-17-36(41)37-18-8-10-22-42(37)55/h1-30H. The van der Waals surface area contributed by atoms with Crippen LogP contribution in [0.25, 0.3) is 117 Å². The van der Waals surface area contributed by atoms with Gasteiger partial charge in [0.05, 0.1) is 16.7 Å². The average molecular weight is 731 g/mol. The van der Waals surface area contributed by atoms with Gasteiger partial charge in [0.25, 0.3) is 0 Å². The van der Waals surface area contributed by atoms with Crippen molar-refractivity contribution in [3.8, 4) is 51.0 Å².